The molecule has 0 bridgehead atoms. The summed E-state index contributed by atoms with van der Waals surface area (Å²) in [6.07, 6.45) is 0. The van der Waals surface area contributed by atoms with Crippen molar-refractivity contribution in [3.05, 3.63) is 146 Å². The highest BCUT2D eigenvalue weighted by molar-refractivity contribution is 7.86. The van der Waals surface area contributed by atoms with E-state index >= 15 is 0 Å². The van der Waals surface area contributed by atoms with Gasteiger partial charge in [0.15, 0.2) is 0 Å². The van der Waals surface area contributed by atoms with E-state index in [0.717, 1.165) is 54.9 Å². The maximum absolute atomic E-state index is 11.7. The Morgan fingerprint density at radius 1 is 0.326 bits per heavy atom. The molecule has 0 unspecified atom stereocenters. The maximum Gasteiger partial charge on any atom is 0.294 e. The second kappa shape index (κ2) is 11.3. The Morgan fingerprint density at radius 2 is 0.630 bits per heavy atom. The summed E-state index contributed by atoms with van der Waals surface area (Å²) in [5.74, 6) is 0. The van der Waals surface area contributed by atoms with Crippen LogP contribution in [0.25, 0.3) is 66.1 Å². The van der Waals surface area contributed by atoms with Crippen molar-refractivity contribution in [2.45, 2.75) is 9.79 Å². The Bertz CT molecular complexity index is 2270. The fourth-order valence-corrected chi connectivity index (χ4v) is 7.13. The molecule has 0 amide bonds. The first-order valence-corrected chi connectivity index (χ1v) is 17.3. The molecule has 7 aromatic carbocycles. The van der Waals surface area contributed by atoms with Gasteiger partial charge in [-0.15, -0.1) is 0 Å². The quantitative estimate of drug-likeness (QED) is 0.138. The summed E-state index contributed by atoms with van der Waals surface area (Å²) in [4.78, 5) is -0.303. The number of benzene rings is 7. The third kappa shape index (κ3) is 5.48. The summed E-state index contributed by atoms with van der Waals surface area (Å²) in [6, 6.07) is 44.9. The van der Waals surface area contributed by atoms with Gasteiger partial charge in [0.05, 0.1) is 9.79 Å². The van der Waals surface area contributed by atoms with Crippen LogP contribution in [0.5, 0.6) is 0 Å². The van der Waals surface area contributed by atoms with Crippen molar-refractivity contribution in [2.75, 3.05) is 0 Å². The van der Waals surface area contributed by atoms with E-state index in [1.165, 1.54) is 24.3 Å². The van der Waals surface area contributed by atoms with Gasteiger partial charge in [0.1, 0.15) is 0 Å². The van der Waals surface area contributed by atoms with Gasteiger partial charge in [-0.3, -0.25) is 9.11 Å². The third-order valence-corrected chi connectivity index (χ3v) is 9.91. The number of rotatable bonds is 6. The van der Waals surface area contributed by atoms with Crippen LogP contribution in [0.3, 0.4) is 0 Å². The second-order valence-corrected chi connectivity index (χ2v) is 13.8. The monoisotopic (exact) mass is 642 g/mol. The molecule has 46 heavy (non-hydrogen) atoms. The van der Waals surface area contributed by atoms with Crippen LogP contribution in [0.15, 0.2) is 155 Å². The van der Waals surface area contributed by atoms with Crippen molar-refractivity contribution in [1.82, 2.24) is 0 Å². The second-order valence-electron chi connectivity index (χ2n) is 11.0. The van der Waals surface area contributed by atoms with E-state index in [4.69, 9.17) is 0 Å². The zero-order valence-corrected chi connectivity index (χ0v) is 25.8. The van der Waals surface area contributed by atoms with Gasteiger partial charge in [-0.05, 0) is 90.3 Å². The van der Waals surface area contributed by atoms with Gasteiger partial charge in [0.25, 0.3) is 20.2 Å². The molecule has 0 fully saturated rings. The van der Waals surface area contributed by atoms with E-state index in [-0.39, 0.29) is 9.79 Å². The Kier molecular flexibility index (Phi) is 7.30. The van der Waals surface area contributed by atoms with E-state index in [2.05, 4.69) is 24.3 Å². The van der Waals surface area contributed by atoms with Crippen LogP contribution >= 0.6 is 0 Å². The van der Waals surface area contributed by atoms with Crippen LogP contribution < -0.4 is 0 Å². The summed E-state index contributed by atoms with van der Waals surface area (Å²) in [5.41, 5.74) is 7.16. The average molecular weight is 643 g/mol. The first-order chi connectivity index (χ1) is 22.1. The molecule has 6 nitrogen and oxygen atoms in total. The number of hydrogen-bond acceptors (Lipinski definition) is 4. The van der Waals surface area contributed by atoms with E-state index in [0.29, 0.717) is 11.1 Å². The first-order valence-electron chi connectivity index (χ1n) is 14.4. The molecule has 0 spiro atoms. The van der Waals surface area contributed by atoms with Crippen molar-refractivity contribution in [3.8, 4) is 44.5 Å². The standard InChI is InChI=1S/C38H26O6S2/c39-45(40,41)31-9-5-7-29(23-31)25-15-19-27(20-16-25)37-33-11-1-2-12-34(33)38(36-14-4-3-13-35(36)37)28-21-17-26(18-22-28)30-8-6-10-32(24-30)46(42,43)44/h1-24H,(H,39,40,41)(H,42,43,44). The minimum Gasteiger partial charge on any atom is -0.282 e. The SMILES string of the molecule is O=S(=O)(O)c1cccc(-c2ccc(-c3c4ccccc4c(-c4ccc(-c5cccc(S(=O)(=O)O)c5)cc4)c4ccccc34)cc2)c1. The molecular formula is C38H26O6S2. The molecule has 8 heteroatoms. The van der Waals surface area contributed by atoms with Gasteiger partial charge in [-0.25, -0.2) is 0 Å². The predicted octanol–water partition coefficient (Wildman–Crippen LogP) is 9.15. The van der Waals surface area contributed by atoms with Crippen molar-refractivity contribution in [2.24, 2.45) is 0 Å². The Balaban J connectivity index is 1.35. The largest absolute Gasteiger partial charge is 0.294 e. The first kappa shape index (κ1) is 29.6. The smallest absolute Gasteiger partial charge is 0.282 e. The van der Waals surface area contributed by atoms with Crippen molar-refractivity contribution >= 4 is 41.8 Å². The van der Waals surface area contributed by atoms with Crippen molar-refractivity contribution < 1.29 is 25.9 Å². The van der Waals surface area contributed by atoms with Gasteiger partial charge in [0.2, 0.25) is 0 Å². The van der Waals surface area contributed by atoms with Crippen LogP contribution in [0, 0.1) is 0 Å². The Labute approximate surface area is 266 Å². The highest BCUT2D eigenvalue weighted by atomic mass is 32.2. The van der Waals surface area contributed by atoms with Crippen LogP contribution in [-0.4, -0.2) is 25.9 Å². The molecule has 226 valence electrons. The molecule has 0 atom stereocenters. The highest BCUT2D eigenvalue weighted by Gasteiger charge is 2.17. The minimum absolute atomic E-state index is 0.152. The summed E-state index contributed by atoms with van der Waals surface area (Å²) in [6.45, 7) is 0. The Morgan fingerprint density at radius 3 is 0.935 bits per heavy atom. The maximum atomic E-state index is 11.7. The lowest BCUT2D eigenvalue weighted by atomic mass is 9.85. The lowest BCUT2D eigenvalue weighted by Gasteiger charge is -2.18. The molecule has 7 rings (SSSR count). The number of hydrogen-bond donors (Lipinski definition) is 2. The summed E-state index contributed by atoms with van der Waals surface area (Å²) in [7, 11) is -8.63. The lowest BCUT2D eigenvalue weighted by Crippen LogP contribution is -1.97. The summed E-state index contributed by atoms with van der Waals surface area (Å²) >= 11 is 0. The molecule has 2 N–H and O–H groups in total. The third-order valence-electron chi connectivity index (χ3n) is 8.21. The van der Waals surface area contributed by atoms with Crippen LogP contribution in [0.1, 0.15) is 0 Å². The normalized spacial score (nSPS) is 12.0. The van der Waals surface area contributed by atoms with Crippen molar-refractivity contribution in [1.29, 1.82) is 0 Å². The highest BCUT2D eigenvalue weighted by Crippen LogP contribution is 2.44. The fourth-order valence-electron chi connectivity index (χ4n) is 6.08. The zero-order valence-electron chi connectivity index (χ0n) is 24.2. The lowest BCUT2D eigenvalue weighted by molar-refractivity contribution is 0.481. The van der Waals surface area contributed by atoms with Crippen LogP contribution in [-0.2, 0) is 20.2 Å². The van der Waals surface area contributed by atoms with Gasteiger partial charge in [-0.2, -0.15) is 16.8 Å². The fraction of sp³-hybridized carbons (Fsp3) is 0. The summed E-state index contributed by atoms with van der Waals surface area (Å²) in [5, 5.41) is 4.29. The van der Waals surface area contributed by atoms with Gasteiger partial charge >= 0.3 is 0 Å². The molecule has 7 aromatic rings. The molecule has 0 saturated heterocycles. The van der Waals surface area contributed by atoms with Gasteiger partial charge in [0, 0.05) is 0 Å². The number of fused-ring (bicyclic) bond motifs is 2. The van der Waals surface area contributed by atoms with E-state index < -0.39 is 20.2 Å². The summed E-state index contributed by atoms with van der Waals surface area (Å²) < 4.78 is 65.8. The molecule has 0 heterocycles. The topological polar surface area (TPSA) is 109 Å². The predicted molar refractivity (Wildman–Crippen MR) is 183 cm³/mol. The molecule has 0 aromatic heterocycles. The van der Waals surface area contributed by atoms with Gasteiger partial charge < -0.3 is 0 Å². The molecular weight excluding hydrogens is 617 g/mol. The van der Waals surface area contributed by atoms with E-state index in [1.807, 2.05) is 72.8 Å². The molecule has 0 radical (unpaired) electrons. The van der Waals surface area contributed by atoms with Crippen LogP contribution in [0.2, 0.25) is 0 Å². The average Bonchev–Trinajstić information content (AvgIpc) is 3.07. The molecule has 0 aliphatic heterocycles. The van der Waals surface area contributed by atoms with Gasteiger partial charge in [-0.1, -0.05) is 121 Å². The van der Waals surface area contributed by atoms with E-state index in [9.17, 15) is 25.9 Å². The molecule has 0 saturated carbocycles. The minimum atomic E-state index is -4.32. The molecule has 0 aliphatic rings. The molecule has 0 aliphatic carbocycles. The van der Waals surface area contributed by atoms with Crippen LogP contribution in [0.4, 0.5) is 0 Å². The van der Waals surface area contributed by atoms with Crippen molar-refractivity contribution in [3.63, 3.8) is 0 Å². The van der Waals surface area contributed by atoms with E-state index in [1.54, 1.807) is 24.3 Å². The Hall–Kier alpha value is -5.12. The zero-order chi connectivity index (χ0) is 32.1.